The first kappa shape index (κ1) is 13.1. The minimum absolute atomic E-state index is 0.123. The van der Waals surface area contributed by atoms with Crippen molar-refractivity contribution in [3.63, 3.8) is 0 Å². The van der Waals surface area contributed by atoms with Gasteiger partial charge >= 0.3 is 0 Å². The maximum Gasteiger partial charge on any atom is 0.258 e. The molecule has 3 rings (SSSR count). The Labute approximate surface area is 117 Å². The maximum absolute atomic E-state index is 5.61. The molecule has 1 N–H and O–H groups in total. The van der Waals surface area contributed by atoms with Crippen molar-refractivity contribution in [2.24, 2.45) is 0 Å². The lowest BCUT2D eigenvalue weighted by molar-refractivity contribution is 0.0208. The van der Waals surface area contributed by atoms with Gasteiger partial charge in [-0.3, -0.25) is 0 Å². The van der Waals surface area contributed by atoms with E-state index in [4.69, 9.17) is 9.26 Å². The minimum Gasteiger partial charge on any atom is -0.378 e. The molecule has 1 saturated heterocycles. The Kier molecular flexibility index (Phi) is 3.66. The first-order chi connectivity index (χ1) is 9.74. The molecule has 1 aromatic heterocycles. The lowest BCUT2D eigenvalue weighted by Crippen LogP contribution is -2.33. The van der Waals surface area contributed by atoms with Gasteiger partial charge in [-0.25, -0.2) is 0 Å². The van der Waals surface area contributed by atoms with E-state index < -0.39 is 0 Å². The molecule has 1 atom stereocenters. The van der Waals surface area contributed by atoms with Crippen LogP contribution in [0.15, 0.2) is 28.8 Å². The van der Waals surface area contributed by atoms with Crippen molar-refractivity contribution in [1.29, 1.82) is 0 Å². The summed E-state index contributed by atoms with van der Waals surface area (Å²) in [6, 6.07) is 8.01. The summed E-state index contributed by atoms with van der Waals surface area (Å²) in [5.74, 6) is 1.13. The number of hydrogen-bond donors (Lipinski definition) is 1. The molecular formula is C14H18N4O2. The molecule has 1 aliphatic rings. The van der Waals surface area contributed by atoms with Crippen molar-refractivity contribution in [2.75, 3.05) is 38.7 Å². The molecule has 1 fully saturated rings. The van der Waals surface area contributed by atoms with E-state index in [1.54, 1.807) is 0 Å². The number of hydrogen-bond acceptors (Lipinski definition) is 6. The zero-order valence-corrected chi connectivity index (χ0v) is 11.7. The lowest BCUT2D eigenvalue weighted by Gasteiger charge is -2.20. The Morgan fingerprint density at radius 3 is 2.70 bits per heavy atom. The van der Waals surface area contributed by atoms with Crippen molar-refractivity contribution >= 4 is 5.69 Å². The zero-order valence-electron chi connectivity index (χ0n) is 11.7. The Morgan fingerprint density at radius 2 is 2.05 bits per heavy atom. The number of nitrogens with zero attached hydrogens (tertiary/aromatic N) is 3. The van der Waals surface area contributed by atoms with Gasteiger partial charge in [0, 0.05) is 38.4 Å². The average Bonchev–Trinajstić information content (AvgIpc) is 2.98. The van der Waals surface area contributed by atoms with Crippen molar-refractivity contribution in [2.45, 2.75) is 6.10 Å². The molecule has 0 radical (unpaired) electrons. The van der Waals surface area contributed by atoms with E-state index in [1.807, 2.05) is 43.3 Å². The number of ether oxygens (including phenoxy) is 1. The molecular weight excluding hydrogens is 256 g/mol. The van der Waals surface area contributed by atoms with Crippen LogP contribution in [0, 0.1) is 0 Å². The molecule has 6 heteroatoms. The summed E-state index contributed by atoms with van der Waals surface area (Å²) in [4.78, 5) is 6.47. The van der Waals surface area contributed by atoms with Gasteiger partial charge in [0.1, 0.15) is 6.10 Å². The Hall–Kier alpha value is -1.92. The summed E-state index contributed by atoms with van der Waals surface area (Å²) in [7, 11) is 4.01. The number of benzene rings is 1. The Balaban J connectivity index is 1.78. The smallest absolute Gasteiger partial charge is 0.258 e. The molecule has 0 saturated carbocycles. The van der Waals surface area contributed by atoms with Gasteiger partial charge in [0.15, 0.2) is 0 Å². The van der Waals surface area contributed by atoms with Gasteiger partial charge in [-0.05, 0) is 24.3 Å². The molecule has 1 unspecified atom stereocenters. The highest BCUT2D eigenvalue weighted by Crippen LogP contribution is 2.23. The minimum atomic E-state index is -0.123. The highest BCUT2D eigenvalue weighted by molar-refractivity contribution is 5.58. The second-order valence-electron chi connectivity index (χ2n) is 4.96. The van der Waals surface area contributed by atoms with Crippen LogP contribution in [0.2, 0.25) is 0 Å². The molecule has 0 amide bonds. The summed E-state index contributed by atoms with van der Waals surface area (Å²) in [5.41, 5.74) is 2.05. The predicted molar refractivity (Wildman–Crippen MR) is 75.6 cm³/mol. The van der Waals surface area contributed by atoms with Crippen LogP contribution in [-0.2, 0) is 4.74 Å². The zero-order chi connectivity index (χ0) is 13.9. The highest BCUT2D eigenvalue weighted by atomic mass is 16.5. The molecule has 0 aliphatic carbocycles. The lowest BCUT2D eigenvalue weighted by atomic mass is 10.2. The Morgan fingerprint density at radius 1 is 1.25 bits per heavy atom. The van der Waals surface area contributed by atoms with E-state index in [9.17, 15) is 0 Å². The molecule has 2 heterocycles. The number of anilines is 1. The fourth-order valence-electron chi connectivity index (χ4n) is 2.12. The molecule has 6 nitrogen and oxygen atoms in total. The van der Waals surface area contributed by atoms with Crippen LogP contribution in [0.5, 0.6) is 0 Å². The number of aromatic nitrogens is 2. The van der Waals surface area contributed by atoms with Crippen LogP contribution in [0.25, 0.3) is 11.5 Å². The summed E-state index contributed by atoms with van der Waals surface area (Å²) < 4.78 is 10.9. The van der Waals surface area contributed by atoms with Crippen molar-refractivity contribution < 1.29 is 9.26 Å². The first-order valence-electron chi connectivity index (χ1n) is 6.68. The third kappa shape index (κ3) is 2.66. The molecule has 20 heavy (non-hydrogen) atoms. The molecule has 106 valence electrons. The highest BCUT2D eigenvalue weighted by Gasteiger charge is 2.21. The maximum atomic E-state index is 5.61. The van der Waals surface area contributed by atoms with Crippen LogP contribution in [0.4, 0.5) is 5.69 Å². The molecule has 1 aliphatic heterocycles. The van der Waals surface area contributed by atoms with Crippen molar-refractivity contribution in [3.05, 3.63) is 30.1 Å². The quantitative estimate of drug-likeness (QED) is 0.914. The fraction of sp³-hybridized carbons (Fsp3) is 0.429. The number of morpholine rings is 1. The summed E-state index contributed by atoms with van der Waals surface area (Å²) >= 11 is 0. The number of nitrogens with one attached hydrogen (secondary N) is 1. The summed E-state index contributed by atoms with van der Waals surface area (Å²) in [6.45, 7) is 2.26. The molecule has 0 bridgehead atoms. The van der Waals surface area contributed by atoms with Gasteiger partial charge in [-0.1, -0.05) is 5.16 Å². The fourth-order valence-corrected chi connectivity index (χ4v) is 2.12. The van der Waals surface area contributed by atoms with Gasteiger partial charge in [0.2, 0.25) is 5.82 Å². The standard InChI is InChI=1S/C14H18N4O2/c1-18(2)11-5-3-10(4-6-11)14-16-13(17-20-14)12-9-15-7-8-19-12/h3-6,12,15H,7-9H2,1-2H3. The van der Waals surface area contributed by atoms with E-state index in [-0.39, 0.29) is 6.10 Å². The molecule has 1 aromatic carbocycles. The third-order valence-corrected chi connectivity index (χ3v) is 3.29. The van der Waals surface area contributed by atoms with Crippen LogP contribution >= 0.6 is 0 Å². The van der Waals surface area contributed by atoms with E-state index in [0.717, 1.165) is 24.3 Å². The predicted octanol–water partition coefficient (Wildman–Crippen LogP) is 1.46. The van der Waals surface area contributed by atoms with Crippen LogP contribution in [-0.4, -0.2) is 43.9 Å². The van der Waals surface area contributed by atoms with E-state index in [1.165, 1.54) is 0 Å². The van der Waals surface area contributed by atoms with Crippen molar-refractivity contribution in [1.82, 2.24) is 15.5 Å². The SMILES string of the molecule is CN(C)c1ccc(-c2nc(C3CNCCO3)no2)cc1. The van der Waals surface area contributed by atoms with Gasteiger partial charge in [0.25, 0.3) is 5.89 Å². The van der Waals surface area contributed by atoms with Crippen LogP contribution in [0.1, 0.15) is 11.9 Å². The van der Waals surface area contributed by atoms with Crippen LogP contribution < -0.4 is 10.2 Å². The van der Waals surface area contributed by atoms with Gasteiger partial charge in [-0.2, -0.15) is 4.98 Å². The topological polar surface area (TPSA) is 63.4 Å². The third-order valence-electron chi connectivity index (χ3n) is 3.29. The summed E-state index contributed by atoms with van der Waals surface area (Å²) in [6.07, 6.45) is -0.123. The van der Waals surface area contributed by atoms with E-state index in [2.05, 4.69) is 15.5 Å². The number of rotatable bonds is 3. The van der Waals surface area contributed by atoms with E-state index in [0.29, 0.717) is 18.3 Å². The van der Waals surface area contributed by atoms with Crippen molar-refractivity contribution in [3.8, 4) is 11.5 Å². The summed E-state index contributed by atoms with van der Waals surface area (Å²) in [5, 5.41) is 7.26. The van der Waals surface area contributed by atoms with Gasteiger partial charge in [-0.15, -0.1) is 0 Å². The molecule has 2 aromatic rings. The van der Waals surface area contributed by atoms with Gasteiger partial charge in [0.05, 0.1) is 6.61 Å². The second kappa shape index (κ2) is 5.60. The first-order valence-corrected chi connectivity index (χ1v) is 6.68. The van der Waals surface area contributed by atoms with Gasteiger partial charge < -0.3 is 19.5 Å². The average molecular weight is 274 g/mol. The van der Waals surface area contributed by atoms with Crippen LogP contribution in [0.3, 0.4) is 0 Å². The Bertz CT molecular complexity index is 559. The largest absolute Gasteiger partial charge is 0.378 e. The monoisotopic (exact) mass is 274 g/mol. The normalized spacial score (nSPS) is 19.0. The second-order valence-corrected chi connectivity index (χ2v) is 4.96. The molecule has 0 spiro atoms. The van der Waals surface area contributed by atoms with E-state index >= 15 is 0 Å².